The van der Waals surface area contributed by atoms with E-state index in [-0.39, 0.29) is 17.5 Å². The average Bonchev–Trinajstić information content (AvgIpc) is 2.33. The van der Waals surface area contributed by atoms with Crippen LogP contribution in [-0.2, 0) is 4.79 Å². The highest BCUT2D eigenvalue weighted by molar-refractivity contribution is 6.20. The molecule has 0 aromatic heterocycles. The monoisotopic (exact) mass is 258 g/mol. The topological polar surface area (TPSA) is 46.3 Å². The summed E-state index contributed by atoms with van der Waals surface area (Å²) in [6.45, 7) is 1.54. The molecular formula is C13H23ClN2O. The second kappa shape index (κ2) is 6.17. The molecule has 1 unspecified atom stereocenters. The van der Waals surface area contributed by atoms with Gasteiger partial charge in [-0.3, -0.25) is 9.69 Å². The Kier molecular flexibility index (Phi) is 4.83. The molecule has 0 bridgehead atoms. The molecule has 3 nitrogen and oxygen atoms in total. The molecule has 2 rings (SSSR count). The molecule has 1 heterocycles. The fourth-order valence-electron chi connectivity index (χ4n) is 2.92. The highest BCUT2D eigenvalue weighted by Gasteiger charge is 2.28. The van der Waals surface area contributed by atoms with Crippen molar-refractivity contribution in [3.05, 3.63) is 0 Å². The van der Waals surface area contributed by atoms with Crippen molar-refractivity contribution >= 4 is 17.4 Å². The molecule has 0 aromatic rings. The molecule has 2 aliphatic rings. The molecule has 2 fully saturated rings. The van der Waals surface area contributed by atoms with Crippen LogP contribution in [0.2, 0.25) is 0 Å². The van der Waals surface area contributed by atoms with Gasteiger partial charge in [-0.2, -0.15) is 0 Å². The maximum absolute atomic E-state index is 12.2. The molecule has 0 spiro atoms. The van der Waals surface area contributed by atoms with Crippen LogP contribution in [0.1, 0.15) is 44.9 Å². The molecule has 2 N–H and O–H groups in total. The Hall–Kier alpha value is -0.120. The summed E-state index contributed by atoms with van der Waals surface area (Å²) in [4.78, 5) is 14.3. The minimum atomic E-state index is 0.0945. The minimum absolute atomic E-state index is 0.0945. The van der Waals surface area contributed by atoms with Gasteiger partial charge in [0.05, 0.1) is 12.7 Å². The van der Waals surface area contributed by atoms with Crippen LogP contribution in [-0.4, -0.2) is 35.3 Å². The van der Waals surface area contributed by atoms with Crippen LogP contribution in [0.3, 0.4) is 0 Å². The zero-order valence-electron chi connectivity index (χ0n) is 10.4. The normalized spacial score (nSPS) is 35.8. The second-order valence-corrected chi connectivity index (χ2v) is 6.07. The molecule has 4 heteroatoms. The van der Waals surface area contributed by atoms with Crippen molar-refractivity contribution in [2.75, 3.05) is 13.1 Å². The molecule has 1 saturated carbocycles. The second-order valence-electron chi connectivity index (χ2n) is 5.45. The van der Waals surface area contributed by atoms with E-state index in [1.807, 2.05) is 0 Å². The Morgan fingerprint density at radius 1 is 1.18 bits per heavy atom. The van der Waals surface area contributed by atoms with Crippen molar-refractivity contribution in [1.29, 1.82) is 0 Å². The zero-order chi connectivity index (χ0) is 12.3. The molecule has 17 heavy (non-hydrogen) atoms. The summed E-state index contributed by atoms with van der Waals surface area (Å²) in [5.74, 6) is 0.616. The first-order valence-electron chi connectivity index (χ1n) is 6.83. The fourth-order valence-corrected chi connectivity index (χ4v) is 3.17. The number of alkyl halides is 1. The predicted octanol–water partition coefficient (Wildman–Crippen LogP) is 2.12. The van der Waals surface area contributed by atoms with E-state index in [1.54, 1.807) is 0 Å². The van der Waals surface area contributed by atoms with Crippen LogP contribution in [0.25, 0.3) is 0 Å². The van der Waals surface area contributed by atoms with Gasteiger partial charge in [0, 0.05) is 17.8 Å². The third-order valence-corrected chi connectivity index (χ3v) is 4.57. The van der Waals surface area contributed by atoms with E-state index in [0.29, 0.717) is 12.3 Å². The SMILES string of the molecule is NC1CCCCN1CC(=O)C1CCC(Cl)CC1. The highest BCUT2D eigenvalue weighted by Crippen LogP contribution is 2.28. The van der Waals surface area contributed by atoms with Crippen LogP contribution in [0, 0.1) is 5.92 Å². The van der Waals surface area contributed by atoms with Crippen LogP contribution in [0.15, 0.2) is 0 Å². The molecule has 0 amide bonds. The quantitative estimate of drug-likeness (QED) is 0.789. The summed E-state index contributed by atoms with van der Waals surface area (Å²) in [6.07, 6.45) is 7.41. The first-order chi connectivity index (χ1) is 8.16. The third-order valence-electron chi connectivity index (χ3n) is 4.14. The van der Waals surface area contributed by atoms with Crippen LogP contribution < -0.4 is 5.73 Å². The van der Waals surface area contributed by atoms with E-state index in [4.69, 9.17) is 17.3 Å². The summed E-state index contributed by atoms with van der Waals surface area (Å²) in [7, 11) is 0. The van der Waals surface area contributed by atoms with Crippen molar-refractivity contribution in [1.82, 2.24) is 4.90 Å². The molecule has 1 saturated heterocycles. The number of ketones is 1. The van der Waals surface area contributed by atoms with Crippen molar-refractivity contribution in [3.63, 3.8) is 0 Å². The van der Waals surface area contributed by atoms with Gasteiger partial charge in [-0.1, -0.05) is 0 Å². The van der Waals surface area contributed by atoms with Gasteiger partial charge in [-0.25, -0.2) is 0 Å². The molecule has 1 aliphatic carbocycles. The summed E-state index contributed by atoms with van der Waals surface area (Å²) in [5, 5.41) is 0.288. The van der Waals surface area contributed by atoms with Crippen molar-refractivity contribution in [2.24, 2.45) is 11.7 Å². The van der Waals surface area contributed by atoms with Gasteiger partial charge in [0.1, 0.15) is 5.78 Å². The summed E-state index contributed by atoms with van der Waals surface area (Å²) >= 11 is 6.06. The van der Waals surface area contributed by atoms with E-state index in [1.165, 1.54) is 12.8 Å². The van der Waals surface area contributed by atoms with Gasteiger partial charge in [0.15, 0.2) is 0 Å². The number of Topliss-reactive ketones (excluding diaryl/α,β-unsaturated/α-hetero) is 1. The Morgan fingerprint density at radius 2 is 1.88 bits per heavy atom. The summed E-state index contributed by atoms with van der Waals surface area (Å²) < 4.78 is 0. The van der Waals surface area contributed by atoms with Gasteiger partial charge in [-0.05, 0) is 44.9 Å². The predicted molar refractivity (Wildman–Crippen MR) is 70.0 cm³/mol. The molecule has 1 aliphatic heterocycles. The first kappa shape index (κ1) is 13.3. The van der Waals surface area contributed by atoms with Crippen LogP contribution in [0.5, 0.6) is 0 Å². The van der Waals surface area contributed by atoms with Crippen LogP contribution >= 0.6 is 11.6 Å². The lowest BCUT2D eigenvalue weighted by Crippen LogP contribution is -2.48. The van der Waals surface area contributed by atoms with Gasteiger partial charge in [0.25, 0.3) is 0 Å². The molecular weight excluding hydrogens is 236 g/mol. The lowest BCUT2D eigenvalue weighted by Gasteiger charge is -2.34. The van der Waals surface area contributed by atoms with E-state index < -0.39 is 0 Å². The Bertz CT molecular complexity index is 264. The summed E-state index contributed by atoms with van der Waals surface area (Å²) in [6, 6.07) is 0. The lowest BCUT2D eigenvalue weighted by molar-refractivity contribution is -0.125. The number of nitrogens with two attached hydrogens (primary N) is 1. The largest absolute Gasteiger partial charge is 0.316 e. The Morgan fingerprint density at radius 3 is 2.53 bits per heavy atom. The van der Waals surface area contributed by atoms with E-state index in [2.05, 4.69) is 4.90 Å². The number of piperidine rings is 1. The van der Waals surface area contributed by atoms with Crippen LogP contribution in [0.4, 0.5) is 0 Å². The average molecular weight is 259 g/mol. The van der Waals surface area contributed by atoms with Gasteiger partial charge in [-0.15, -0.1) is 11.6 Å². The maximum atomic E-state index is 12.2. The smallest absolute Gasteiger partial charge is 0.149 e. The number of carbonyl (C=O) groups is 1. The Labute approximate surface area is 109 Å². The standard InChI is InChI=1S/C13H23ClN2O/c14-11-6-4-10(5-7-11)12(17)9-16-8-2-1-3-13(16)15/h10-11,13H,1-9,15H2. The molecule has 0 aromatic carbocycles. The van der Waals surface area contributed by atoms with Crippen molar-refractivity contribution < 1.29 is 4.79 Å². The molecule has 1 atom stereocenters. The number of rotatable bonds is 3. The van der Waals surface area contributed by atoms with Gasteiger partial charge >= 0.3 is 0 Å². The zero-order valence-corrected chi connectivity index (χ0v) is 11.2. The molecule has 0 radical (unpaired) electrons. The van der Waals surface area contributed by atoms with Crippen molar-refractivity contribution in [3.8, 4) is 0 Å². The number of hydrogen-bond acceptors (Lipinski definition) is 3. The van der Waals surface area contributed by atoms with Crippen molar-refractivity contribution in [2.45, 2.75) is 56.5 Å². The highest BCUT2D eigenvalue weighted by atomic mass is 35.5. The maximum Gasteiger partial charge on any atom is 0.149 e. The summed E-state index contributed by atoms with van der Waals surface area (Å²) in [5.41, 5.74) is 6.03. The fraction of sp³-hybridized carbons (Fsp3) is 0.923. The Balaban J connectivity index is 1.79. The number of halogens is 1. The van der Waals surface area contributed by atoms with Gasteiger partial charge < -0.3 is 5.73 Å². The number of carbonyl (C=O) groups excluding carboxylic acids is 1. The minimum Gasteiger partial charge on any atom is -0.316 e. The lowest BCUT2D eigenvalue weighted by atomic mass is 9.85. The van der Waals surface area contributed by atoms with Gasteiger partial charge in [0.2, 0.25) is 0 Å². The van der Waals surface area contributed by atoms with E-state index in [9.17, 15) is 4.79 Å². The number of nitrogens with zero attached hydrogens (tertiary/aromatic N) is 1. The molecule has 98 valence electrons. The van der Waals surface area contributed by atoms with E-state index in [0.717, 1.165) is 38.6 Å². The third kappa shape index (κ3) is 3.67. The first-order valence-corrected chi connectivity index (χ1v) is 7.27. The number of hydrogen-bond donors (Lipinski definition) is 1. The number of likely N-dealkylation sites (tertiary alicyclic amines) is 1. The van der Waals surface area contributed by atoms with E-state index >= 15 is 0 Å².